The number of anilines is 2. The number of benzene rings is 3. The van der Waals surface area contributed by atoms with Crippen LogP contribution >= 0.6 is 15.9 Å². The lowest BCUT2D eigenvalue weighted by atomic mass is 10.1. The van der Waals surface area contributed by atoms with Crippen molar-refractivity contribution in [2.24, 2.45) is 0 Å². The molecule has 6 nitrogen and oxygen atoms in total. The van der Waals surface area contributed by atoms with E-state index >= 15 is 0 Å². The van der Waals surface area contributed by atoms with Gasteiger partial charge in [-0.05, 0) is 53.9 Å². The van der Waals surface area contributed by atoms with E-state index in [2.05, 4.69) is 26.6 Å². The largest absolute Gasteiger partial charge is 0.441 e. The van der Waals surface area contributed by atoms with Gasteiger partial charge in [0.2, 0.25) is 0 Å². The third-order valence-electron chi connectivity index (χ3n) is 4.72. The fourth-order valence-electron chi connectivity index (χ4n) is 2.99. The predicted molar refractivity (Wildman–Crippen MR) is 126 cm³/mol. The molecular weight excluding hydrogens is 458 g/mol. The Morgan fingerprint density at radius 3 is 2.32 bits per heavy atom. The molecular formula is C24H24BrN3O3. The van der Waals surface area contributed by atoms with Gasteiger partial charge in [0.1, 0.15) is 6.10 Å². The average Bonchev–Trinajstić information content (AvgIpc) is 2.78. The minimum absolute atomic E-state index is 0.253. The van der Waals surface area contributed by atoms with Crippen molar-refractivity contribution in [3.8, 4) is 0 Å². The Morgan fingerprint density at radius 2 is 1.68 bits per heavy atom. The molecule has 0 aliphatic rings. The lowest BCUT2D eigenvalue weighted by Crippen LogP contribution is -2.25. The van der Waals surface area contributed by atoms with Crippen molar-refractivity contribution in [3.63, 3.8) is 0 Å². The molecule has 3 aromatic rings. The van der Waals surface area contributed by atoms with Crippen molar-refractivity contribution < 1.29 is 14.3 Å². The van der Waals surface area contributed by atoms with Crippen molar-refractivity contribution in [2.75, 3.05) is 11.1 Å². The number of para-hydroxylation sites is 2. The van der Waals surface area contributed by atoms with Gasteiger partial charge in [0, 0.05) is 16.6 Å². The molecule has 0 saturated heterocycles. The number of amides is 2. The second kappa shape index (κ2) is 10.6. The molecule has 1 atom stereocenters. The van der Waals surface area contributed by atoms with Crippen LogP contribution in [0.4, 0.5) is 16.2 Å². The third-order valence-corrected chi connectivity index (χ3v) is 5.25. The van der Waals surface area contributed by atoms with E-state index < -0.39 is 6.09 Å². The summed E-state index contributed by atoms with van der Waals surface area (Å²) in [6, 6.07) is 21.8. The van der Waals surface area contributed by atoms with Crippen LogP contribution in [0.25, 0.3) is 0 Å². The fraction of sp³-hybridized carbons (Fsp3) is 0.167. The SMILES string of the molecule is CC[C@H](OC(=O)NCc1ccc(C(=O)Nc2ccccc2N)cc1)c1ccc(Br)cc1. The van der Waals surface area contributed by atoms with Crippen LogP contribution in [0.15, 0.2) is 77.3 Å². The molecule has 3 aromatic carbocycles. The first-order valence-corrected chi connectivity index (χ1v) is 10.7. The van der Waals surface area contributed by atoms with Gasteiger partial charge in [-0.25, -0.2) is 4.79 Å². The molecule has 0 aliphatic heterocycles. The van der Waals surface area contributed by atoms with Crippen LogP contribution in [0.3, 0.4) is 0 Å². The van der Waals surface area contributed by atoms with E-state index in [9.17, 15) is 9.59 Å². The van der Waals surface area contributed by atoms with Crippen molar-refractivity contribution in [3.05, 3.63) is 94.0 Å². The molecule has 0 aromatic heterocycles. The molecule has 0 spiro atoms. The Bertz CT molecular complexity index is 1040. The van der Waals surface area contributed by atoms with E-state index in [1.54, 1.807) is 48.5 Å². The van der Waals surface area contributed by atoms with Crippen LogP contribution in [0.1, 0.15) is 40.9 Å². The minimum atomic E-state index is -0.490. The number of rotatable bonds is 7. The first-order chi connectivity index (χ1) is 15.0. The van der Waals surface area contributed by atoms with Crippen LogP contribution in [-0.2, 0) is 11.3 Å². The van der Waals surface area contributed by atoms with Gasteiger partial charge >= 0.3 is 6.09 Å². The summed E-state index contributed by atoms with van der Waals surface area (Å²) in [5, 5.41) is 5.54. The van der Waals surface area contributed by atoms with Crippen molar-refractivity contribution in [2.45, 2.75) is 26.0 Å². The molecule has 0 aliphatic carbocycles. The highest BCUT2D eigenvalue weighted by atomic mass is 79.9. The Balaban J connectivity index is 1.52. The molecule has 7 heteroatoms. The highest BCUT2D eigenvalue weighted by Gasteiger charge is 2.15. The zero-order valence-corrected chi connectivity index (χ0v) is 18.7. The van der Waals surface area contributed by atoms with Crippen LogP contribution in [0.5, 0.6) is 0 Å². The average molecular weight is 482 g/mol. The number of alkyl carbamates (subject to hydrolysis) is 1. The molecule has 3 rings (SSSR count). The lowest BCUT2D eigenvalue weighted by Gasteiger charge is -2.17. The summed E-state index contributed by atoms with van der Waals surface area (Å²) >= 11 is 3.40. The normalized spacial score (nSPS) is 11.4. The Labute approximate surface area is 189 Å². The second-order valence-electron chi connectivity index (χ2n) is 6.95. The molecule has 0 saturated carbocycles. The number of hydrogen-bond acceptors (Lipinski definition) is 4. The minimum Gasteiger partial charge on any atom is -0.441 e. The molecule has 2 amide bonds. The summed E-state index contributed by atoms with van der Waals surface area (Å²) in [5.41, 5.74) is 9.22. The molecule has 31 heavy (non-hydrogen) atoms. The van der Waals surface area contributed by atoms with E-state index in [1.165, 1.54) is 0 Å². The Morgan fingerprint density at radius 1 is 1.00 bits per heavy atom. The van der Waals surface area contributed by atoms with Gasteiger partial charge in [-0.2, -0.15) is 0 Å². The second-order valence-corrected chi connectivity index (χ2v) is 7.86. The number of nitrogens with two attached hydrogens (primary N) is 1. The summed E-state index contributed by atoms with van der Waals surface area (Å²) in [4.78, 5) is 24.6. The maximum Gasteiger partial charge on any atom is 0.408 e. The number of nitrogens with one attached hydrogen (secondary N) is 2. The van der Waals surface area contributed by atoms with Gasteiger partial charge in [0.15, 0.2) is 0 Å². The molecule has 0 fully saturated rings. The molecule has 4 N–H and O–H groups in total. The van der Waals surface area contributed by atoms with Crippen LogP contribution in [0, 0.1) is 0 Å². The van der Waals surface area contributed by atoms with Gasteiger partial charge in [-0.15, -0.1) is 0 Å². The monoisotopic (exact) mass is 481 g/mol. The third kappa shape index (κ3) is 6.33. The zero-order valence-electron chi connectivity index (χ0n) is 17.1. The quantitative estimate of drug-likeness (QED) is 0.379. The number of carbonyl (C=O) groups excluding carboxylic acids is 2. The fourth-order valence-corrected chi connectivity index (χ4v) is 3.25. The van der Waals surface area contributed by atoms with Gasteiger partial charge in [-0.1, -0.05) is 59.3 Å². The van der Waals surface area contributed by atoms with Gasteiger partial charge in [0.05, 0.1) is 11.4 Å². The van der Waals surface area contributed by atoms with Crippen LogP contribution < -0.4 is 16.4 Å². The number of ether oxygens (including phenoxy) is 1. The number of halogens is 1. The first kappa shape index (κ1) is 22.4. The van der Waals surface area contributed by atoms with Crippen LogP contribution in [0.2, 0.25) is 0 Å². The summed E-state index contributed by atoms with van der Waals surface area (Å²) < 4.78 is 6.52. The summed E-state index contributed by atoms with van der Waals surface area (Å²) in [7, 11) is 0. The summed E-state index contributed by atoms with van der Waals surface area (Å²) in [6.45, 7) is 2.26. The van der Waals surface area contributed by atoms with Crippen molar-refractivity contribution >= 4 is 39.3 Å². The first-order valence-electron chi connectivity index (χ1n) is 9.91. The van der Waals surface area contributed by atoms with E-state index in [1.807, 2.05) is 31.2 Å². The highest BCUT2D eigenvalue weighted by molar-refractivity contribution is 9.10. The number of carbonyl (C=O) groups is 2. The maximum atomic E-state index is 12.4. The molecule has 0 radical (unpaired) electrons. The Hall–Kier alpha value is -3.32. The summed E-state index contributed by atoms with van der Waals surface area (Å²) in [6.07, 6.45) is -0.133. The number of hydrogen-bond donors (Lipinski definition) is 3. The lowest BCUT2D eigenvalue weighted by molar-refractivity contribution is 0.0946. The van der Waals surface area contributed by atoms with E-state index in [-0.39, 0.29) is 12.0 Å². The Kier molecular flexibility index (Phi) is 7.67. The standard InChI is InChI=1S/C24H24BrN3O3/c1-2-22(17-11-13-19(25)14-12-17)31-24(30)27-15-16-7-9-18(10-8-16)23(29)28-21-6-4-3-5-20(21)26/h3-14,22H,2,15,26H2,1H3,(H,27,30)(H,28,29)/t22-/m0/s1. The van der Waals surface area contributed by atoms with Crippen molar-refractivity contribution in [1.29, 1.82) is 0 Å². The van der Waals surface area contributed by atoms with Crippen molar-refractivity contribution in [1.82, 2.24) is 5.32 Å². The zero-order chi connectivity index (χ0) is 22.2. The van der Waals surface area contributed by atoms with E-state index in [4.69, 9.17) is 10.5 Å². The summed E-state index contributed by atoms with van der Waals surface area (Å²) in [5.74, 6) is -0.253. The highest BCUT2D eigenvalue weighted by Crippen LogP contribution is 2.23. The van der Waals surface area contributed by atoms with Crippen LogP contribution in [-0.4, -0.2) is 12.0 Å². The molecule has 0 unspecified atom stereocenters. The van der Waals surface area contributed by atoms with E-state index in [0.717, 1.165) is 15.6 Å². The number of nitrogen functional groups attached to an aromatic ring is 1. The van der Waals surface area contributed by atoms with Gasteiger partial charge in [-0.3, -0.25) is 4.79 Å². The van der Waals surface area contributed by atoms with Gasteiger partial charge < -0.3 is 21.1 Å². The van der Waals surface area contributed by atoms with E-state index in [0.29, 0.717) is 29.9 Å². The molecule has 0 bridgehead atoms. The molecule has 0 heterocycles. The van der Waals surface area contributed by atoms with Gasteiger partial charge in [0.25, 0.3) is 5.91 Å². The maximum absolute atomic E-state index is 12.4. The predicted octanol–water partition coefficient (Wildman–Crippen LogP) is 5.66. The topological polar surface area (TPSA) is 93.4 Å². The smallest absolute Gasteiger partial charge is 0.408 e. The molecule has 160 valence electrons.